The van der Waals surface area contributed by atoms with E-state index in [0.29, 0.717) is 6.04 Å². The zero-order valence-electron chi connectivity index (χ0n) is 4.42. The number of piperazine rings is 1. The van der Waals surface area contributed by atoms with Crippen molar-refractivity contribution < 1.29 is 4.79 Å². The Kier molecular flexibility index (Phi) is 0.663. The molecule has 0 aliphatic carbocycles. The van der Waals surface area contributed by atoms with Gasteiger partial charge in [-0.1, -0.05) is 0 Å². The first-order valence-corrected chi connectivity index (χ1v) is 2.83. The van der Waals surface area contributed by atoms with E-state index in [2.05, 4.69) is 10.6 Å². The van der Waals surface area contributed by atoms with Gasteiger partial charge in [-0.05, 0) is 6.42 Å². The van der Waals surface area contributed by atoms with Crippen molar-refractivity contribution in [1.82, 2.24) is 10.6 Å². The molecule has 2 atom stereocenters. The van der Waals surface area contributed by atoms with Gasteiger partial charge in [-0.3, -0.25) is 4.79 Å². The lowest BCUT2D eigenvalue weighted by Crippen LogP contribution is -2.40. The average Bonchev–Trinajstić information content (AvgIpc) is 2.23. The molecule has 0 aromatic heterocycles. The van der Waals surface area contributed by atoms with Crippen LogP contribution in [0.3, 0.4) is 0 Å². The fraction of sp³-hybridized carbons (Fsp3) is 0.800. The van der Waals surface area contributed by atoms with Gasteiger partial charge in [0.15, 0.2) is 0 Å². The Morgan fingerprint density at radius 3 is 2.88 bits per heavy atom. The summed E-state index contributed by atoms with van der Waals surface area (Å²) >= 11 is 0. The quantitative estimate of drug-likeness (QED) is 0.422. The summed E-state index contributed by atoms with van der Waals surface area (Å²) < 4.78 is 0. The van der Waals surface area contributed by atoms with E-state index in [1.54, 1.807) is 0 Å². The first-order chi connectivity index (χ1) is 3.86. The first kappa shape index (κ1) is 4.32. The van der Waals surface area contributed by atoms with Gasteiger partial charge in [-0.25, -0.2) is 5.32 Å². The molecule has 2 saturated heterocycles. The van der Waals surface area contributed by atoms with E-state index >= 15 is 0 Å². The molecule has 2 rings (SSSR count). The third-order valence-electron chi connectivity index (χ3n) is 1.70. The highest BCUT2D eigenvalue weighted by atomic mass is 16.2. The monoisotopic (exact) mass is 111 g/mol. The van der Waals surface area contributed by atoms with Gasteiger partial charge in [-0.15, -0.1) is 0 Å². The molecule has 3 nitrogen and oxygen atoms in total. The predicted molar refractivity (Wildman–Crippen MR) is 27.3 cm³/mol. The van der Waals surface area contributed by atoms with E-state index in [1.165, 1.54) is 0 Å². The second-order valence-electron chi connectivity index (χ2n) is 2.32. The molecule has 1 N–H and O–H groups in total. The van der Waals surface area contributed by atoms with Crippen LogP contribution in [0.25, 0.3) is 0 Å². The molecule has 2 heterocycles. The topological polar surface area (TPSA) is 43.2 Å². The van der Waals surface area contributed by atoms with Gasteiger partial charge < -0.3 is 5.32 Å². The molecular formula is C5H7N2O. The first-order valence-electron chi connectivity index (χ1n) is 2.83. The number of rotatable bonds is 0. The fourth-order valence-corrected chi connectivity index (χ4v) is 1.26. The van der Waals surface area contributed by atoms with Crippen LogP contribution in [0.4, 0.5) is 0 Å². The summed E-state index contributed by atoms with van der Waals surface area (Å²) in [5, 5.41) is 6.89. The van der Waals surface area contributed by atoms with Crippen molar-refractivity contribution in [3.05, 3.63) is 0 Å². The molecule has 0 saturated carbocycles. The second kappa shape index (κ2) is 1.23. The third-order valence-corrected chi connectivity index (χ3v) is 1.70. The molecule has 0 aromatic carbocycles. The molecule has 2 aliphatic rings. The average molecular weight is 111 g/mol. The minimum Gasteiger partial charge on any atom is -0.351 e. The lowest BCUT2D eigenvalue weighted by atomic mass is 10.2. The molecule has 0 aromatic rings. The lowest BCUT2D eigenvalue weighted by molar-refractivity contribution is -0.121. The maximum Gasteiger partial charge on any atom is 0.239 e. The van der Waals surface area contributed by atoms with Gasteiger partial charge >= 0.3 is 0 Å². The smallest absolute Gasteiger partial charge is 0.239 e. The molecule has 43 valence electrons. The Hall–Kier alpha value is -0.570. The van der Waals surface area contributed by atoms with E-state index < -0.39 is 0 Å². The normalized spacial score (nSPS) is 42.8. The summed E-state index contributed by atoms with van der Waals surface area (Å²) in [5.74, 6) is 0.126. The summed E-state index contributed by atoms with van der Waals surface area (Å²) in [6.45, 7) is 0.844. The number of nitrogens with one attached hydrogen (secondary N) is 1. The molecule has 3 heteroatoms. The van der Waals surface area contributed by atoms with Crippen LogP contribution in [-0.4, -0.2) is 24.5 Å². The van der Waals surface area contributed by atoms with Crippen LogP contribution in [0.15, 0.2) is 0 Å². The van der Waals surface area contributed by atoms with Crippen molar-refractivity contribution in [3.63, 3.8) is 0 Å². The number of carbonyl (C=O) groups is 1. The molecule has 2 aliphatic heterocycles. The van der Waals surface area contributed by atoms with Crippen molar-refractivity contribution >= 4 is 5.91 Å². The summed E-state index contributed by atoms with van der Waals surface area (Å²) in [6, 6.07) is 0.396. The van der Waals surface area contributed by atoms with E-state index in [4.69, 9.17) is 0 Å². The number of amides is 1. The van der Waals surface area contributed by atoms with Gasteiger partial charge in [-0.2, -0.15) is 0 Å². The molecule has 2 fully saturated rings. The van der Waals surface area contributed by atoms with Crippen molar-refractivity contribution in [3.8, 4) is 0 Å². The number of carbonyl (C=O) groups excluding carboxylic acids is 1. The Bertz CT molecular complexity index is 134. The minimum atomic E-state index is 0.0139. The van der Waals surface area contributed by atoms with Gasteiger partial charge in [0.2, 0.25) is 5.91 Å². The van der Waals surface area contributed by atoms with E-state index in [9.17, 15) is 4.79 Å². The molecule has 0 spiro atoms. The Labute approximate surface area is 47.4 Å². The number of hydrogen-bond donors (Lipinski definition) is 1. The largest absolute Gasteiger partial charge is 0.351 e. The van der Waals surface area contributed by atoms with Gasteiger partial charge in [0.05, 0.1) is 0 Å². The minimum absolute atomic E-state index is 0.0139. The number of fused-ring (bicyclic) bond motifs is 2. The van der Waals surface area contributed by atoms with Crippen LogP contribution < -0.4 is 10.6 Å². The lowest BCUT2D eigenvalue weighted by Gasteiger charge is -2.08. The molecule has 2 unspecified atom stereocenters. The van der Waals surface area contributed by atoms with Crippen LogP contribution >= 0.6 is 0 Å². The van der Waals surface area contributed by atoms with Crippen molar-refractivity contribution in [1.29, 1.82) is 0 Å². The highest BCUT2D eigenvalue weighted by molar-refractivity contribution is 5.85. The van der Waals surface area contributed by atoms with E-state index in [1.807, 2.05) is 0 Å². The zero-order valence-corrected chi connectivity index (χ0v) is 4.42. The Morgan fingerprint density at radius 1 is 1.75 bits per heavy atom. The standard InChI is InChI=1S/C5H7N2O/c8-5-4-1-3(7-5)2-6-4/h3-4H,1-2H2,(H,7,8). The van der Waals surface area contributed by atoms with Gasteiger partial charge in [0.1, 0.15) is 6.04 Å². The number of hydrogen-bond acceptors (Lipinski definition) is 1. The van der Waals surface area contributed by atoms with Crippen LogP contribution in [0.1, 0.15) is 6.42 Å². The highest BCUT2D eigenvalue weighted by Crippen LogP contribution is 2.15. The molecule has 1 amide bonds. The van der Waals surface area contributed by atoms with Crippen LogP contribution in [-0.2, 0) is 4.79 Å². The zero-order chi connectivity index (χ0) is 5.56. The molecule has 8 heavy (non-hydrogen) atoms. The summed E-state index contributed by atoms with van der Waals surface area (Å²) in [4.78, 5) is 10.6. The van der Waals surface area contributed by atoms with Crippen molar-refractivity contribution in [2.24, 2.45) is 0 Å². The van der Waals surface area contributed by atoms with Gasteiger partial charge in [0, 0.05) is 12.6 Å². The highest BCUT2D eigenvalue weighted by Gasteiger charge is 2.38. The molecule has 1 radical (unpaired) electrons. The Balaban J connectivity index is 2.22. The SMILES string of the molecule is O=C1NC2C[N]C1C2. The van der Waals surface area contributed by atoms with Crippen LogP contribution in [0, 0.1) is 0 Å². The predicted octanol–water partition coefficient (Wildman–Crippen LogP) is -1.14. The summed E-state index contributed by atoms with van der Waals surface area (Å²) in [7, 11) is 0. The van der Waals surface area contributed by atoms with Crippen molar-refractivity contribution in [2.45, 2.75) is 18.5 Å². The van der Waals surface area contributed by atoms with E-state index in [-0.39, 0.29) is 11.9 Å². The summed E-state index contributed by atoms with van der Waals surface area (Å²) in [6.07, 6.45) is 0.943. The van der Waals surface area contributed by atoms with E-state index in [0.717, 1.165) is 13.0 Å². The second-order valence-corrected chi connectivity index (χ2v) is 2.32. The van der Waals surface area contributed by atoms with Crippen LogP contribution in [0.2, 0.25) is 0 Å². The summed E-state index contributed by atoms with van der Waals surface area (Å²) in [5.41, 5.74) is 0. The molecular weight excluding hydrogens is 104 g/mol. The van der Waals surface area contributed by atoms with Crippen LogP contribution in [0.5, 0.6) is 0 Å². The van der Waals surface area contributed by atoms with Gasteiger partial charge in [0.25, 0.3) is 0 Å². The third kappa shape index (κ3) is 0.395. The fourth-order valence-electron chi connectivity index (χ4n) is 1.26. The maximum absolute atomic E-state index is 10.6. The number of nitrogens with zero attached hydrogens (tertiary/aromatic N) is 1. The molecule has 2 bridgehead atoms. The Morgan fingerprint density at radius 2 is 2.62 bits per heavy atom. The van der Waals surface area contributed by atoms with Crippen molar-refractivity contribution in [2.75, 3.05) is 6.54 Å². The maximum atomic E-state index is 10.6.